The molecule has 4 rings (SSSR count). The van der Waals surface area contributed by atoms with Gasteiger partial charge in [0.2, 0.25) is 0 Å². The molecule has 0 atom stereocenters. The number of hydrogen-bond donors (Lipinski definition) is 1. The van der Waals surface area contributed by atoms with Crippen LogP contribution in [0.2, 0.25) is 5.02 Å². The number of nitrogens with zero attached hydrogens (tertiary/aromatic N) is 2. The van der Waals surface area contributed by atoms with E-state index in [1.54, 1.807) is 6.20 Å². The Labute approximate surface area is 161 Å². The third-order valence-corrected chi connectivity index (χ3v) is 4.95. The molecule has 0 radical (unpaired) electrons. The Morgan fingerprint density at radius 1 is 1.11 bits per heavy atom. The van der Waals surface area contributed by atoms with Crippen LogP contribution in [-0.2, 0) is 13.0 Å². The highest BCUT2D eigenvalue weighted by Gasteiger charge is 2.18. The maximum atomic E-state index is 13.3. The van der Waals surface area contributed by atoms with Gasteiger partial charge in [-0.3, -0.25) is 9.78 Å². The number of benzene rings is 2. The molecule has 1 aromatic heterocycles. The normalized spacial score (nSPS) is 13.2. The fourth-order valence-corrected chi connectivity index (χ4v) is 3.40. The Morgan fingerprint density at radius 2 is 1.93 bits per heavy atom. The molecule has 0 saturated heterocycles. The van der Waals surface area contributed by atoms with Crippen LogP contribution in [0.1, 0.15) is 21.5 Å². The highest BCUT2D eigenvalue weighted by Crippen LogP contribution is 2.25. The summed E-state index contributed by atoms with van der Waals surface area (Å²) in [6.07, 6.45) is 4.24. The molecular weight excluding hydrogens is 365 g/mol. The zero-order valence-corrected chi connectivity index (χ0v) is 15.2. The summed E-state index contributed by atoms with van der Waals surface area (Å²) in [5.41, 5.74) is 4.42. The smallest absolute Gasteiger partial charge is 0.257 e. The van der Waals surface area contributed by atoms with E-state index in [-0.39, 0.29) is 10.9 Å². The van der Waals surface area contributed by atoms with Crippen molar-refractivity contribution in [1.82, 2.24) is 4.98 Å². The first-order valence-electron chi connectivity index (χ1n) is 8.63. The molecule has 1 N–H and O–H groups in total. The van der Waals surface area contributed by atoms with Crippen LogP contribution in [-0.4, -0.2) is 17.4 Å². The summed E-state index contributed by atoms with van der Waals surface area (Å²) in [5, 5.41) is 2.69. The van der Waals surface area contributed by atoms with Crippen LogP contribution < -0.4 is 10.2 Å². The van der Waals surface area contributed by atoms with E-state index in [0.29, 0.717) is 11.3 Å². The molecule has 27 heavy (non-hydrogen) atoms. The molecule has 0 aliphatic carbocycles. The van der Waals surface area contributed by atoms with Crippen LogP contribution in [0.15, 0.2) is 60.9 Å². The van der Waals surface area contributed by atoms with E-state index in [9.17, 15) is 9.18 Å². The number of carbonyl (C=O) groups is 1. The summed E-state index contributed by atoms with van der Waals surface area (Å²) in [4.78, 5) is 19.0. The average Bonchev–Trinajstić information content (AvgIpc) is 2.70. The van der Waals surface area contributed by atoms with Gasteiger partial charge in [-0.15, -0.1) is 0 Å². The number of anilines is 2. The zero-order valence-electron chi connectivity index (χ0n) is 14.5. The van der Waals surface area contributed by atoms with Gasteiger partial charge in [-0.05, 0) is 41.8 Å². The number of hydrogen-bond acceptors (Lipinski definition) is 3. The lowest BCUT2D eigenvalue weighted by Gasteiger charge is -2.30. The fraction of sp³-hybridized carbons (Fsp3) is 0.143. The van der Waals surface area contributed by atoms with E-state index in [1.807, 2.05) is 12.1 Å². The van der Waals surface area contributed by atoms with Gasteiger partial charge >= 0.3 is 0 Å². The zero-order chi connectivity index (χ0) is 18.8. The van der Waals surface area contributed by atoms with E-state index < -0.39 is 5.82 Å². The molecule has 1 aliphatic heterocycles. The van der Waals surface area contributed by atoms with E-state index >= 15 is 0 Å². The van der Waals surface area contributed by atoms with E-state index in [4.69, 9.17) is 11.6 Å². The molecule has 136 valence electrons. The van der Waals surface area contributed by atoms with Crippen molar-refractivity contribution in [3.05, 3.63) is 88.5 Å². The Bertz CT molecular complexity index is 1010. The van der Waals surface area contributed by atoms with Crippen LogP contribution in [0, 0.1) is 5.82 Å². The standard InChI is InChI=1S/C21H17ClFN3O/c22-19-10-17(5-6-20(19)23)25-21(27)16-9-18(12-24-11-16)26-8-7-14-3-1-2-4-15(14)13-26/h1-6,9-12H,7-8,13H2,(H,25,27). The SMILES string of the molecule is O=C(Nc1ccc(F)c(Cl)c1)c1cncc(N2CCc3ccccc3C2)c1. The lowest BCUT2D eigenvalue weighted by atomic mass is 9.99. The van der Waals surface area contributed by atoms with Gasteiger partial charge in [0.25, 0.3) is 5.91 Å². The van der Waals surface area contributed by atoms with Crippen molar-refractivity contribution in [2.24, 2.45) is 0 Å². The second kappa shape index (κ2) is 7.37. The molecule has 2 heterocycles. The molecule has 0 fully saturated rings. The molecule has 0 saturated carbocycles. The van der Waals surface area contributed by atoms with E-state index in [2.05, 4.69) is 33.4 Å². The number of fused-ring (bicyclic) bond motifs is 1. The number of aromatic nitrogens is 1. The van der Waals surface area contributed by atoms with Crippen molar-refractivity contribution in [3.8, 4) is 0 Å². The highest BCUT2D eigenvalue weighted by atomic mass is 35.5. The minimum Gasteiger partial charge on any atom is -0.366 e. The minimum absolute atomic E-state index is 0.0355. The number of rotatable bonds is 3. The third kappa shape index (κ3) is 3.78. The minimum atomic E-state index is -0.524. The largest absolute Gasteiger partial charge is 0.366 e. The van der Waals surface area contributed by atoms with Gasteiger partial charge in [-0.2, -0.15) is 0 Å². The molecule has 1 amide bonds. The lowest BCUT2D eigenvalue weighted by molar-refractivity contribution is 0.102. The number of carbonyl (C=O) groups excluding carboxylic acids is 1. The van der Waals surface area contributed by atoms with Crippen molar-refractivity contribution in [3.63, 3.8) is 0 Å². The van der Waals surface area contributed by atoms with Crippen LogP contribution in [0.4, 0.5) is 15.8 Å². The summed E-state index contributed by atoms with van der Waals surface area (Å²) in [7, 11) is 0. The quantitative estimate of drug-likeness (QED) is 0.716. The topological polar surface area (TPSA) is 45.2 Å². The van der Waals surface area contributed by atoms with E-state index in [1.165, 1.54) is 35.5 Å². The Hall–Kier alpha value is -2.92. The summed E-state index contributed by atoms with van der Waals surface area (Å²) in [5.74, 6) is -0.840. The molecule has 1 aliphatic rings. The predicted molar refractivity (Wildman–Crippen MR) is 105 cm³/mol. The average molecular weight is 382 g/mol. The molecule has 0 unspecified atom stereocenters. The van der Waals surface area contributed by atoms with Gasteiger partial charge in [0.05, 0.1) is 22.5 Å². The summed E-state index contributed by atoms with van der Waals surface area (Å²) in [6.45, 7) is 1.66. The second-order valence-electron chi connectivity index (χ2n) is 6.46. The summed E-state index contributed by atoms with van der Waals surface area (Å²) in [6, 6.07) is 14.3. The second-order valence-corrected chi connectivity index (χ2v) is 6.86. The Morgan fingerprint density at radius 3 is 2.74 bits per heavy atom. The van der Waals surface area contributed by atoms with Gasteiger partial charge in [-0.25, -0.2) is 4.39 Å². The van der Waals surface area contributed by atoms with E-state index in [0.717, 1.165) is 25.2 Å². The number of nitrogens with one attached hydrogen (secondary N) is 1. The van der Waals surface area contributed by atoms with Crippen molar-refractivity contribution in [2.75, 3.05) is 16.8 Å². The maximum Gasteiger partial charge on any atom is 0.257 e. The van der Waals surface area contributed by atoms with Gasteiger partial charge in [0.15, 0.2) is 0 Å². The number of pyridine rings is 1. The van der Waals surface area contributed by atoms with Crippen molar-refractivity contribution < 1.29 is 9.18 Å². The van der Waals surface area contributed by atoms with Crippen molar-refractivity contribution in [2.45, 2.75) is 13.0 Å². The first-order valence-corrected chi connectivity index (χ1v) is 9.01. The van der Waals surface area contributed by atoms with Gasteiger partial charge in [0.1, 0.15) is 5.82 Å². The predicted octanol–water partition coefficient (Wildman–Crippen LogP) is 4.69. The van der Waals surface area contributed by atoms with Crippen LogP contribution in [0.3, 0.4) is 0 Å². The van der Waals surface area contributed by atoms with Crippen LogP contribution in [0.5, 0.6) is 0 Å². The molecular formula is C21H17ClFN3O. The lowest BCUT2D eigenvalue weighted by Crippen LogP contribution is -2.30. The highest BCUT2D eigenvalue weighted by molar-refractivity contribution is 6.31. The van der Waals surface area contributed by atoms with Crippen molar-refractivity contribution in [1.29, 1.82) is 0 Å². The fourth-order valence-electron chi connectivity index (χ4n) is 3.22. The van der Waals surface area contributed by atoms with Crippen LogP contribution >= 0.6 is 11.6 Å². The number of halogens is 2. The summed E-state index contributed by atoms with van der Waals surface area (Å²) < 4.78 is 13.3. The monoisotopic (exact) mass is 381 g/mol. The molecule has 4 nitrogen and oxygen atoms in total. The first-order chi connectivity index (χ1) is 13.1. The summed E-state index contributed by atoms with van der Waals surface area (Å²) >= 11 is 5.77. The molecule has 0 bridgehead atoms. The molecule has 2 aromatic carbocycles. The third-order valence-electron chi connectivity index (χ3n) is 4.66. The number of amides is 1. The Kier molecular flexibility index (Phi) is 4.77. The maximum absolute atomic E-state index is 13.3. The molecule has 3 aromatic rings. The molecule has 6 heteroatoms. The van der Waals surface area contributed by atoms with Gasteiger partial charge in [-0.1, -0.05) is 35.9 Å². The van der Waals surface area contributed by atoms with Gasteiger partial charge in [0, 0.05) is 25.0 Å². The Balaban J connectivity index is 1.52. The molecule has 0 spiro atoms. The van der Waals surface area contributed by atoms with Gasteiger partial charge < -0.3 is 10.2 Å². The van der Waals surface area contributed by atoms with Crippen LogP contribution in [0.25, 0.3) is 0 Å². The van der Waals surface area contributed by atoms with Crippen molar-refractivity contribution >= 4 is 28.9 Å². The first kappa shape index (κ1) is 17.5.